The molecule has 2 rings (SSSR count). The van der Waals surface area contributed by atoms with Crippen molar-refractivity contribution in [3.63, 3.8) is 0 Å². The summed E-state index contributed by atoms with van der Waals surface area (Å²) in [6, 6.07) is 0. The van der Waals surface area contributed by atoms with Crippen molar-refractivity contribution in [2.45, 2.75) is 26.2 Å². The molecule has 0 bridgehead atoms. The fraction of sp³-hybridized carbons (Fsp3) is 0.727. The molecule has 1 aliphatic heterocycles. The summed E-state index contributed by atoms with van der Waals surface area (Å²) in [4.78, 5) is 18.2. The number of carbonyl (C=O) groups is 1. The fourth-order valence-electron chi connectivity index (χ4n) is 1.82. The van der Waals surface area contributed by atoms with Crippen LogP contribution in [0.3, 0.4) is 0 Å². The van der Waals surface area contributed by atoms with E-state index in [2.05, 4.69) is 20.5 Å². The van der Waals surface area contributed by atoms with E-state index < -0.39 is 0 Å². The molecule has 0 aliphatic carbocycles. The zero-order chi connectivity index (χ0) is 12.3. The van der Waals surface area contributed by atoms with Crippen molar-refractivity contribution in [3.05, 3.63) is 11.6 Å². The maximum Gasteiger partial charge on any atom is 0.293 e. The third kappa shape index (κ3) is 2.82. The molecular formula is C11H19N5O. The van der Waals surface area contributed by atoms with Crippen LogP contribution in [0.2, 0.25) is 0 Å². The summed E-state index contributed by atoms with van der Waals surface area (Å²) < 4.78 is 0. The Morgan fingerprint density at radius 2 is 2.18 bits per heavy atom. The molecule has 2 heterocycles. The molecule has 1 amide bonds. The molecule has 6 heteroatoms. The predicted octanol–water partition coefficient (Wildman–Crippen LogP) is 0.364. The number of rotatable bonds is 2. The molecule has 1 aliphatic rings. The van der Waals surface area contributed by atoms with Gasteiger partial charge in [0.25, 0.3) is 5.91 Å². The van der Waals surface area contributed by atoms with Gasteiger partial charge in [-0.1, -0.05) is 13.8 Å². The highest BCUT2D eigenvalue weighted by Gasteiger charge is 2.21. The molecule has 0 atom stereocenters. The first-order valence-corrected chi connectivity index (χ1v) is 6.11. The molecule has 0 unspecified atom stereocenters. The Morgan fingerprint density at radius 1 is 1.35 bits per heavy atom. The van der Waals surface area contributed by atoms with Gasteiger partial charge >= 0.3 is 0 Å². The summed E-state index contributed by atoms with van der Waals surface area (Å²) in [7, 11) is 0. The zero-order valence-electron chi connectivity index (χ0n) is 10.4. The molecule has 6 nitrogen and oxygen atoms in total. The smallest absolute Gasteiger partial charge is 0.293 e. The predicted molar refractivity (Wildman–Crippen MR) is 63.9 cm³/mol. The third-order valence-electron chi connectivity index (χ3n) is 2.87. The Labute approximate surface area is 101 Å². The van der Waals surface area contributed by atoms with E-state index in [-0.39, 0.29) is 17.6 Å². The van der Waals surface area contributed by atoms with Crippen LogP contribution in [0.25, 0.3) is 0 Å². The SMILES string of the molecule is CC(C)c1nc(C(=O)N2CCCNCC2)n[nH]1. The Bertz CT molecular complexity index is 379. The second-order valence-electron chi connectivity index (χ2n) is 4.59. The van der Waals surface area contributed by atoms with Gasteiger partial charge in [0.1, 0.15) is 5.82 Å². The van der Waals surface area contributed by atoms with Gasteiger partial charge in [-0.25, -0.2) is 4.98 Å². The quantitative estimate of drug-likeness (QED) is 0.779. The lowest BCUT2D eigenvalue weighted by atomic mass is 10.2. The van der Waals surface area contributed by atoms with Crippen LogP contribution < -0.4 is 5.32 Å². The van der Waals surface area contributed by atoms with E-state index in [4.69, 9.17) is 0 Å². The van der Waals surface area contributed by atoms with Gasteiger partial charge in [0.05, 0.1) is 0 Å². The topological polar surface area (TPSA) is 73.9 Å². The highest BCUT2D eigenvalue weighted by atomic mass is 16.2. The van der Waals surface area contributed by atoms with Gasteiger partial charge in [-0.15, -0.1) is 5.10 Å². The van der Waals surface area contributed by atoms with Gasteiger partial charge in [-0.2, -0.15) is 0 Å². The number of hydrogen-bond acceptors (Lipinski definition) is 4. The molecule has 1 aromatic heterocycles. The molecule has 0 aromatic carbocycles. The monoisotopic (exact) mass is 237 g/mol. The molecular weight excluding hydrogens is 218 g/mol. The average Bonchev–Trinajstić information content (AvgIpc) is 2.65. The van der Waals surface area contributed by atoms with Crippen molar-refractivity contribution in [1.29, 1.82) is 0 Å². The van der Waals surface area contributed by atoms with E-state index in [1.807, 2.05) is 18.7 Å². The molecule has 94 valence electrons. The Kier molecular flexibility index (Phi) is 3.73. The normalized spacial score (nSPS) is 17.2. The summed E-state index contributed by atoms with van der Waals surface area (Å²) >= 11 is 0. The van der Waals surface area contributed by atoms with Gasteiger partial charge in [-0.3, -0.25) is 9.89 Å². The van der Waals surface area contributed by atoms with E-state index in [9.17, 15) is 4.79 Å². The maximum absolute atomic E-state index is 12.1. The van der Waals surface area contributed by atoms with Crippen LogP contribution in [0.15, 0.2) is 0 Å². The summed E-state index contributed by atoms with van der Waals surface area (Å²) in [5.41, 5.74) is 0. The van der Waals surface area contributed by atoms with E-state index in [0.717, 1.165) is 38.4 Å². The summed E-state index contributed by atoms with van der Waals surface area (Å²) in [6.45, 7) is 7.35. The first-order chi connectivity index (χ1) is 8.18. The van der Waals surface area contributed by atoms with Gasteiger partial charge in [0.2, 0.25) is 5.82 Å². The molecule has 1 aromatic rings. The Morgan fingerprint density at radius 3 is 2.88 bits per heavy atom. The van der Waals surface area contributed by atoms with Gasteiger partial charge in [0, 0.05) is 25.6 Å². The van der Waals surface area contributed by atoms with Crippen molar-refractivity contribution < 1.29 is 4.79 Å². The highest BCUT2D eigenvalue weighted by molar-refractivity contribution is 5.90. The average molecular weight is 237 g/mol. The summed E-state index contributed by atoms with van der Waals surface area (Å²) in [6.07, 6.45) is 0.979. The number of hydrogen-bond donors (Lipinski definition) is 2. The summed E-state index contributed by atoms with van der Waals surface area (Å²) in [5.74, 6) is 1.24. The second kappa shape index (κ2) is 5.27. The lowest BCUT2D eigenvalue weighted by Gasteiger charge is -2.17. The minimum absolute atomic E-state index is 0.0724. The van der Waals surface area contributed by atoms with Crippen molar-refractivity contribution in [2.75, 3.05) is 26.2 Å². The van der Waals surface area contributed by atoms with Crippen molar-refractivity contribution in [1.82, 2.24) is 25.4 Å². The summed E-state index contributed by atoms with van der Waals surface area (Å²) in [5, 5.41) is 10.1. The molecule has 0 saturated carbocycles. The molecule has 1 fully saturated rings. The van der Waals surface area contributed by atoms with Gasteiger partial charge in [-0.05, 0) is 13.0 Å². The molecule has 1 saturated heterocycles. The van der Waals surface area contributed by atoms with Crippen LogP contribution >= 0.6 is 0 Å². The van der Waals surface area contributed by atoms with E-state index in [1.165, 1.54) is 0 Å². The highest BCUT2D eigenvalue weighted by Crippen LogP contribution is 2.09. The number of nitrogens with one attached hydrogen (secondary N) is 2. The molecule has 17 heavy (non-hydrogen) atoms. The number of carbonyl (C=O) groups excluding carboxylic acids is 1. The molecule has 0 radical (unpaired) electrons. The molecule has 0 spiro atoms. The lowest BCUT2D eigenvalue weighted by molar-refractivity contribution is 0.0754. The first-order valence-electron chi connectivity index (χ1n) is 6.11. The van der Waals surface area contributed by atoms with Crippen LogP contribution in [0.4, 0.5) is 0 Å². The van der Waals surface area contributed by atoms with Crippen LogP contribution in [-0.4, -0.2) is 52.2 Å². The minimum Gasteiger partial charge on any atom is -0.335 e. The van der Waals surface area contributed by atoms with Crippen LogP contribution in [0.5, 0.6) is 0 Å². The lowest BCUT2D eigenvalue weighted by Crippen LogP contribution is -2.34. The number of H-pyrrole nitrogens is 1. The second-order valence-corrected chi connectivity index (χ2v) is 4.59. The number of aromatic amines is 1. The standard InChI is InChI=1S/C11H19N5O/c1-8(2)9-13-10(15-14-9)11(17)16-6-3-4-12-5-7-16/h8,12H,3-7H2,1-2H3,(H,13,14,15). The number of amides is 1. The van der Waals surface area contributed by atoms with E-state index in [1.54, 1.807) is 0 Å². The maximum atomic E-state index is 12.1. The van der Waals surface area contributed by atoms with Crippen LogP contribution in [0, 0.1) is 0 Å². The molecule has 2 N–H and O–H groups in total. The Hall–Kier alpha value is -1.43. The van der Waals surface area contributed by atoms with Crippen molar-refractivity contribution in [3.8, 4) is 0 Å². The minimum atomic E-state index is -0.0724. The van der Waals surface area contributed by atoms with E-state index >= 15 is 0 Å². The first kappa shape index (κ1) is 12.0. The van der Waals surface area contributed by atoms with Crippen molar-refractivity contribution >= 4 is 5.91 Å². The van der Waals surface area contributed by atoms with Gasteiger partial charge in [0.15, 0.2) is 0 Å². The third-order valence-corrected chi connectivity index (χ3v) is 2.87. The van der Waals surface area contributed by atoms with Gasteiger partial charge < -0.3 is 10.2 Å². The number of nitrogens with zero attached hydrogens (tertiary/aromatic N) is 3. The van der Waals surface area contributed by atoms with Crippen LogP contribution in [-0.2, 0) is 0 Å². The van der Waals surface area contributed by atoms with E-state index in [0.29, 0.717) is 0 Å². The largest absolute Gasteiger partial charge is 0.335 e. The fourth-order valence-corrected chi connectivity index (χ4v) is 1.82. The number of aromatic nitrogens is 3. The Balaban J connectivity index is 2.06. The van der Waals surface area contributed by atoms with Crippen LogP contribution in [0.1, 0.15) is 42.6 Å². The van der Waals surface area contributed by atoms with Crippen molar-refractivity contribution in [2.24, 2.45) is 0 Å². The zero-order valence-corrected chi connectivity index (χ0v) is 10.4.